The van der Waals surface area contributed by atoms with Crippen molar-refractivity contribution in [3.8, 4) is 5.75 Å². The fourth-order valence-corrected chi connectivity index (χ4v) is 2.90. The van der Waals surface area contributed by atoms with E-state index in [0.29, 0.717) is 28.8 Å². The summed E-state index contributed by atoms with van der Waals surface area (Å²) in [6, 6.07) is 12.2. The van der Waals surface area contributed by atoms with E-state index < -0.39 is 6.03 Å². The smallest absolute Gasteiger partial charge is 0.323 e. The van der Waals surface area contributed by atoms with Crippen LogP contribution in [0.2, 0.25) is 5.02 Å². The number of halogens is 1. The van der Waals surface area contributed by atoms with Crippen LogP contribution in [0.5, 0.6) is 5.75 Å². The van der Waals surface area contributed by atoms with Gasteiger partial charge in [0.15, 0.2) is 0 Å². The van der Waals surface area contributed by atoms with Gasteiger partial charge >= 0.3 is 6.03 Å². The minimum atomic E-state index is -0.439. The fraction of sp³-hybridized carbons (Fsp3) is 0.111. The number of carbonyl (C=O) groups is 1. The maximum Gasteiger partial charge on any atom is 0.323 e. The molecule has 0 aliphatic rings. The second-order valence-corrected chi connectivity index (χ2v) is 6.35. The van der Waals surface area contributed by atoms with Crippen molar-refractivity contribution in [3.05, 3.63) is 59.9 Å². The number of fused-ring (bicyclic) bond motifs is 1. The van der Waals surface area contributed by atoms with Crippen molar-refractivity contribution in [1.82, 2.24) is 24.8 Å². The first-order chi connectivity index (χ1) is 13.6. The maximum absolute atomic E-state index is 12.3. The molecule has 2 aromatic heterocycles. The molecule has 0 aliphatic heterocycles. The third-order valence-corrected chi connectivity index (χ3v) is 4.24. The van der Waals surface area contributed by atoms with Crippen LogP contribution in [0.3, 0.4) is 0 Å². The van der Waals surface area contributed by atoms with Gasteiger partial charge in [-0.3, -0.25) is 0 Å². The Kier molecular flexibility index (Phi) is 4.81. The van der Waals surface area contributed by atoms with E-state index >= 15 is 0 Å². The van der Waals surface area contributed by atoms with Gasteiger partial charge in [-0.1, -0.05) is 28.9 Å². The summed E-state index contributed by atoms with van der Waals surface area (Å²) in [5.41, 5.74) is 2.71. The van der Waals surface area contributed by atoms with Gasteiger partial charge < -0.3 is 15.4 Å². The van der Waals surface area contributed by atoms with E-state index in [1.807, 2.05) is 24.3 Å². The number of ether oxygens (including phenoxy) is 1. The Labute approximate surface area is 164 Å². The van der Waals surface area contributed by atoms with Gasteiger partial charge in [0.1, 0.15) is 17.9 Å². The van der Waals surface area contributed by atoms with Gasteiger partial charge in [0.05, 0.1) is 36.4 Å². The van der Waals surface area contributed by atoms with E-state index in [9.17, 15) is 4.79 Å². The van der Waals surface area contributed by atoms with Crippen molar-refractivity contribution in [2.24, 2.45) is 0 Å². The molecule has 2 heterocycles. The van der Waals surface area contributed by atoms with Crippen LogP contribution in [0.15, 0.2) is 54.9 Å². The highest BCUT2D eigenvalue weighted by Crippen LogP contribution is 2.27. The summed E-state index contributed by atoms with van der Waals surface area (Å²) in [5, 5.41) is 18.4. The fourth-order valence-electron chi connectivity index (χ4n) is 2.73. The number of nitrogens with one attached hydrogen (secondary N) is 2. The topological polar surface area (TPSA) is 98.9 Å². The van der Waals surface area contributed by atoms with E-state index in [1.54, 1.807) is 40.0 Å². The molecule has 4 aromatic rings. The third-order valence-electron chi connectivity index (χ3n) is 4.00. The summed E-state index contributed by atoms with van der Waals surface area (Å²) in [5.74, 6) is 0.508. The summed E-state index contributed by atoms with van der Waals surface area (Å²) in [6.45, 7) is 0.367. The van der Waals surface area contributed by atoms with E-state index in [-0.39, 0.29) is 0 Å². The molecule has 10 heteroatoms. The van der Waals surface area contributed by atoms with Crippen LogP contribution in [-0.2, 0) is 6.67 Å². The lowest BCUT2D eigenvalue weighted by atomic mass is 10.3. The molecule has 0 aliphatic carbocycles. The zero-order chi connectivity index (χ0) is 19.5. The summed E-state index contributed by atoms with van der Waals surface area (Å²) in [6.07, 6.45) is 3.25. The van der Waals surface area contributed by atoms with Gasteiger partial charge in [-0.25, -0.2) is 14.2 Å². The average molecular weight is 398 g/mol. The van der Waals surface area contributed by atoms with Gasteiger partial charge in [-0.05, 0) is 30.3 Å². The summed E-state index contributed by atoms with van der Waals surface area (Å²) >= 11 is 5.98. The number of methoxy groups -OCH3 is 1. The van der Waals surface area contributed by atoms with Crippen molar-refractivity contribution in [2.45, 2.75) is 6.67 Å². The Bertz CT molecular complexity index is 1140. The number of benzene rings is 2. The number of amides is 2. The number of nitrogens with zero attached hydrogens (tertiary/aromatic N) is 5. The van der Waals surface area contributed by atoms with Crippen LogP contribution in [0, 0.1) is 0 Å². The van der Waals surface area contributed by atoms with Gasteiger partial charge in [0, 0.05) is 5.02 Å². The quantitative estimate of drug-likeness (QED) is 0.537. The first-order valence-electron chi connectivity index (χ1n) is 8.34. The zero-order valence-electron chi connectivity index (χ0n) is 14.8. The molecule has 0 radical (unpaired) electrons. The summed E-state index contributed by atoms with van der Waals surface area (Å²) in [4.78, 5) is 12.3. The molecule has 2 amide bonds. The maximum atomic E-state index is 12.3. The molecule has 0 spiro atoms. The third kappa shape index (κ3) is 3.74. The first kappa shape index (κ1) is 17.8. The lowest BCUT2D eigenvalue weighted by Crippen LogP contribution is -2.19. The molecular weight excluding hydrogens is 382 g/mol. The van der Waals surface area contributed by atoms with Crippen molar-refractivity contribution in [3.63, 3.8) is 0 Å². The Morgan fingerprint density at radius 1 is 1.21 bits per heavy atom. The van der Waals surface area contributed by atoms with Gasteiger partial charge in [0.2, 0.25) is 0 Å². The molecule has 0 bridgehead atoms. The zero-order valence-corrected chi connectivity index (χ0v) is 15.6. The molecule has 0 unspecified atom stereocenters. The highest BCUT2D eigenvalue weighted by Gasteiger charge is 2.10. The van der Waals surface area contributed by atoms with Crippen molar-refractivity contribution < 1.29 is 9.53 Å². The van der Waals surface area contributed by atoms with E-state index in [4.69, 9.17) is 16.3 Å². The Morgan fingerprint density at radius 3 is 2.93 bits per heavy atom. The van der Waals surface area contributed by atoms with Gasteiger partial charge in [-0.15, -0.1) is 5.10 Å². The molecule has 28 heavy (non-hydrogen) atoms. The highest BCUT2D eigenvalue weighted by molar-refractivity contribution is 6.31. The molecular formula is C18H16ClN7O2. The summed E-state index contributed by atoms with van der Waals surface area (Å²) in [7, 11) is 1.52. The normalized spacial score (nSPS) is 10.8. The standard InChI is InChI=1S/C18H16ClN7O2/c1-28-17-7-6-12(19)8-15(17)22-18(27)21-13-9-20-25(10-13)11-26-16-5-3-2-4-14(16)23-24-26/h2-10H,11H2,1H3,(H2,21,22,27). The number of aromatic nitrogens is 5. The summed E-state index contributed by atoms with van der Waals surface area (Å²) < 4.78 is 8.59. The second-order valence-electron chi connectivity index (χ2n) is 5.91. The van der Waals surface area contributed by atoms with Crippen LogP contribution in [0.4, 0.5) is 16.2 Å². The molecule has 142 valence electrons. The van der Waals surface area contributed by atoms with Crippen LogP contribution in [0.25, 0.3) is 11.0 Å². The van der Waals surface area contributed by atoms with Crippen molar-refractivity contribution >= 4 is 40.0 Å². The molecule has 0 atom stereocenters. The molecule has 2 N–H and O–H groups in total. The highest BCUT2D eigenvalue weighted by atomic mass is 35.5. The molecule has 9 nitrogen and oxygen atoms in total. The van der Waals surface area contributed by atoms with E-state index in [0.717, 1.165) is 11.0 Å². The second kappa shape index (κ2) is 7.57. The molecule has 2 aromatic carbocycles. The van der Waals surface area contributed by atoms with E-state index in [2.05, 4.69) is 26.0 Å². The monoisotopic (exact) mass is 397 g/mol. The largest absolute Gasteiger partial charge is 0.495 e. The Hall–Kier alpha value is -3.59. The predicted molar refractivity (Wildman–Crippen MR) is 106 cm³/mol. The number of anilines is 2. The average Bonchev–Trinajstić information content (AvgIpc) is 3.29. The number of rotatable bonds is 5. The van der Waals surface area contributed by atoms with Crippen molar-refractivity contribution in [2.75, 3.05) is 17.7 Å². The van der Waals surface area contributed by atoms with Crippen LogP contribution in [0.1, 0.15) is 0 Å². The van der Waals surface area contributed by atoms with Crippen molar-refractivity contribution in [1.29, 1.82) is 0 Å². The number of urea groups is 1. The minimum absolute atomic E-state index is 0.367. The lowest BCUT2D eigenvalue weighted by Gasteiger charge is -2.10. The van der Waals surface area contributed by atoms with Crippen LogP contribution >= 0.6 is 11.6 Å². The van der Waals surface area contributed by atoms with Gasteiger partial charge in [-0.2, -0.15) is 5.10 Å². The number of carbonyl (C=O) groups excluding carboxylic acids is 1. The number of hydrogen-bond acceptors (Lipinski definition) is 5. The molecule has 0 saturated carbocycles. The lowest BCUT2D eigenvalue weighted by molar-refractivity contribution is 0.262. The van der Waals surface area contributed by atoms with Crippen LogP contribution in [-0.4, -0.2) is 37.9 Å². The number of hydrogen-bond donors (Lipinski definition) is 2. The molecule has 0 fully saturated rings. The molecule has 4 rings (SSSR count). The number of para-hydroxylation sites is 1. The Balaban J connectivity index is 1.43. The van der Waals surface area contributed by atoms with Crippen LogP contribution < -0.4 is 15.4 Å². The van der Waals surface area contributed by atoms with Gasteiger partial charge in [0.25, 0.3) is 0 Å². The Morgan fingerprint density at radius 2 is 2.07 bits per heavy atom. The molecule has 0 saturated heterocycles. The van der Waals surface area contributed by atoms with E-state index in [1.165, 1.54) is 7.11 Å². The first-order valence-corrected chi connectivity index (χ1v) is 8.72. The minimum Gasteiger partial charge on any atom is -0.495 e. The predicted octanol–water partition coefficient (Wildman–Crippen LogP) is 3.44. The SMILES string of the molecule is COc1ccc(Cl)cc1NC(=O)Nc1cnn(Cn2nnc3ccccc32)c1.